The van der Waals surface area contributed by atoms with Crippen LogP contribution in [0.1, 0.15) is 38.2 Å². The Balaban J connectivity index is 1.63. The number of aromatic nitrogens is 2. The van der Waals surface area contributed by atoms with Crippen LogP contribution in [0.2, 0.25) is 0 Å². The Hall–Kier alpha value is -2.34. The average Bonchev–Trinajstić information content (AvgIpc) is 2.94. The molecule has 1 aliphatic carbocycles. The zero-order chi connectivity index (χ0) is 20.1. The predicted molar refractivity (Wildman–Crippen MR) is 114 cm³/mol. The molecule has 2 atom stereocenters. The maximum atomic E-state index is 13.1. The smallest absolute Gasteiger partial charge is 0.264 e. The van der Waals surface area contributed by atoms with Crippen molar-refractivity contribution < 1.29 is 0 Å². The minimum atomic E-state index is -0.0976. The Labute approximate surface area is 166 Å². The van der Waals surface area contributed by atoms with E-state index in [0.29, 0.717) is 23.2 Å². The van der Waals surface area contributed by atoms with E-state index in [9.17, 15) is 4.79 Å². The second-order valence-corrected chi connectivity index (χ2v) is 8.80. The Bertz CT molecular complexity index is 942. The molecule has 1 spiro atoms. The van der Waals surface area contributed by atoms with Gasteiger partial charge in [-0.05, 0) is 49.5 Å². The van der Waals surface area contributed by atoms with Crippen LogP contribution in [0.25, 0.3) is 11.1 Å². The molecule has 1 aromatic carbocycles. The fraction of sp³-hybridized carbons (Fsp3) is 0.545. The largest absolute Gasteiger partial charge is 0.383 e. The van der Waals surface area contributed by atoms with Gasteiger partial charge in [-0.15, -0.1) is 0 Å². The van der Waals surface area contributed by atoms with Crippen LogP contribution in [0.4, 0.5) is 11.8 Å². The first kappa shape index (κ1) is 19.0. The summed E-state index contributed by atoms with van der Waals surface area (Å²) in [7, 11) is 1.79. The molecule has 0 unspecified atom stereocenters. The molecule has 2 heterocycles. The number of nitrogens with zero attached hydrogens (tertiary/aromatic N) is 3. The van der Waals surface area contributed by atoms with Gasteiger partial charge in [-0.1, -0.05) is 36.8 Å². The third-order valence-corrected chi connectivity index (χ3v) is 7.06. The molecule has 4 rings (SSSR count). The number of hydrogen-bond acceptors (Lipinski definition) is 5. The van der Waals surface area contributed by atoms with E-state index in [4.69, 9.17) is 11.5 Å². The van der Waals surface area contributed by atoms with E-state index in [0.717, 1.165) is 37.1 Å². The number of piperidine rings is 1. The summed E-state index contributed by atoms with van der Waals surface area (Å²) in [6.45, 7) is 6.00. The van der Waals surface area contributed by atoms with E-state index >= 15 is 0 Å². The average molecular weight is 382 g/mol. The molecule has 6 heteroatoms. The number of anilines is 2. The van der Waals surface area contributed by atoms with Crippen molar-refractivity contribution in [2.75, 3.05) is 23.7 Å². The highest BCUT2D eigenvalue weighted by Gasteiger charge is 2.46. The summed E-state index contributed by atoms with van der Waals surface area (Å²) < 4.78 is 1.64. The van der Waals surface area contributed by atoms with Gasteiger partial charge in [0, 0.05) is 26.2 Å². The first-order valence-corrected chi connectivity index (χ1v) is 10.3. The van der Waals surface area contributed by atoms with Crippen molar-refractivity contribution in [2.24, 2.45) is 24.1 Å². The van der Waals surface area contributed by atoms with Gasteiger partial charge < -0.3 is 16.4 Å². The third kappa shape index (κ3) is 3.00. The molecule has 0 amide bonds. The second kappa shape index (κ2) is 6.92. The highest BCUT2D eigenvalue weighted by atomic mass is 16.1. The van der Waals surface area contributed by atoms with E-state index in [-0.39, 0.29) is 17.0 Å². The molecule has 1 aliphatic heterocycles. The molecule has 150 valence electrons. The Morgan fingerprint density at radius 1 is 1.21 bits per heavy atom. The number of nitrogen functional groups attached to an aromatic ring is 1. The zero-order valence-corrected chi connectivity index (χ0v) is 17.1. The molecular formula is C22H31N5O. The van der Waals surface area contributed by atoms with Gasteiger partial charge in [-0.3, -0.25) is 9.36 Å². The Kier molecular flexibility index (Phi) is 4.70. The maximum Gasteiger partial charge on any atom is 0.264 e. The maximum absolute atomic E-state index is 13.1. The minimum Gasteiger partial charge on any atom is -0.383 e. The van der Waals surface area contributed by atoms with Crippen LogP contribution in [0, 0.1) is 18.3 Å². The van der Waals surface area contributed by atoms with Crippen molar-refractivity contribution >= 4 is 11.8 Å². The van der Waals surface area contributed by atoms with Gasteiger partial charge in [0.1, 0.15) is 5.82 Å². The summed E-state index contributed by atoms with van der Waals surface area (Å²) in [4.78, 5) is 19.9. The van der Waals surface area contributed by atoms with E-state index in [2.05, 4.69) is 16.8 Å². The van der Waals surface area contributed by atoms with Gasteiger partial charge in [0.25, 0.3) is 5.56 Å². The van der Waals surface area contributed by atoms with Gasteiger partial charge in [0.05, 0.1) is 5.56 Å². The zero-order valence-electron chi connectivity index (χ0n) is 17.1. The van der Waals surface area contributed by atoms with E-state index in [1.165, 1.54) is 12.8 Å². The van der Waals surface area contributed by atoms with Crippen LogP contribution in [0.15, 0.2) is 29.1 Å². The second-order valence-electron chi connectivity index (χ2n) is 8.80. The van der Waals surface area contributed by atoms with Crippen molar-refractivity contribution in [3.05, 3.63) is 40.2 Å². The SMILES string of the molecule is Cc1cccc(-c2c(N)nc(N3CCC4(CC[C@@H](C)[C@H]4N)CC3)n(C)c2=O)c1. The molecule has 6 nitrogen and oxygen atoms in total. The van der Waals surface area contributed by atoms with Crippen molar-refractivity contribution in [3.8, 4) is 11.1 Å². The summed E-state index contributed by atoms with van der Waals surface area (Å²) in [5.41, 5.74) is 15.3. The van der Waals surface area contributed by atoms with Crippen molar-refractivity contribution in [1.29, 1.82) is 0 Å². The van der Waals surface area contributed by atoms with Gasteiger partial charge in [-0.2, -0.15) is 4.98 Å². The first-order chi connectivity index (χ1) is 13.3. The summed E-state index contributed by atoms with van der Waals surface area (Å²) in [5, 5.41) is 0. The number of benzene rings is 1. The molecule has 1 saturated heterocycles. The lowest BCUT2D eigenvalue weighted by Gasteiger charge is -2.43. The van der Waals surface area contributed by atoms with Crippen LogP contribution in [-0.2, 0) is 7.05 Å². The van der Waals surface area contributed by atoms with E-state index < -0.39 is 0 Å². The molecule has 2 aromatic rings. The van der Waals surface area contributed by atoms with Crippen LogP contribution < -0.4 is 21.9 Å². The van der Waals surface area contributed by atoms with Gasteiger partial charge >= 0.3 is 0 Å². The van der Waals surface area contributed by atoms with Crippen LogP contribution in [-0.4, -0.2) is 28.7 Å². The van der Waals surface area contributed by atoms with Gasteiger partial charge in [0.15, 0.2) is 0 Å². The summed E-state index contributed by atoms with van der Waals surface area (Å²) in [6.07, 6.45) is 4.53. The van der Waals surface area contributed by atoms with Gasteiger partial charge in [-0.25, -0.2) is 0 Å². The molecular weight excluding hydrogens is 350 g/mol. The normalized spacial score (nSPS) is 24.1. The van der Waals surface area contributed by atoms with Gasteiger partial charge in [0.2, 0.25) is 5.95 Å². The fourth-order valence-corrected chi connectivity index (χ4v) is 5.16. The summed E-state index contributed by atoms with van der Waals surface area (Å²) >= 11 is 0. The highest BCUT2D eigenvalue weighted by molar-refractivity contribution is 5.74. The molecule has 2 aliphatic rings. The predicted octanol–water partition coefficient (Wildman–Crippen LogP) is 2.68. The molecule has 0 radical (unpaired) electrons. The molecule has 28 heavy (non-hydrogen) atoms. The molecule has 4 N–H and O–H groups in total. The van der Waals surface area contributed by atoms with E-state index in [1.807, 2.05) is 31.2 Å². The monoisotopic (exact) mass is 381 g/mol. The number of nitrogens with two attached hydrogens (primary N) is 2. The molecule has 0 bridgehead atoms. The van der Waals surface area contributed by atoms with Crippen molar-refractivity contribution in [1.82, 2.24) is 9.55 Å². The van der Waals surface area contributed by atoms with Crippen molar-refractivity contribution in [3.63, 3.8) is 0 Å². The number of rotatable bonds is 2. The number of hydrogen-bond donors (Lipinski definition) is 2. The van der Waals surface area contributed by atoms with E-state index in [1.54, 1.807) is 11.6 Å². The lowest BCUT2D eigenvalue weighted by atomic mass is 9.73. The minimum absolute atomic E-state index is 0.0976. The lowest BCUT2D eigenvalue weighted by Crippen LogP contribution is -2.49. The third-order valence-electron chi connectivity index (χ3n) is 7.06. The number of aryl methyl sites for hydroxylation is 1. The topological polar surface area (TPSA) is 90.2 Å². The summed E-state index contributed by atoms with van der Waals surface area (Å²) in [5.74, 6) is 1.56. The van der Waals surface area contributed by atoms with Crippen LogP contribution in [0.3, 0.4) is 0 Å². The van der Waals surface area contributed by atoms with Crippen LogP contribution in [0.5, 0.6) is 0 Å². The van der Waals surface area contributed by atoms with Crippen molar-refractivity contribution in [2.45, 2.75) is 45.6 Å². The quantitative estimate of drug-likeness (QED) is 0.835. The lowest BCUT2D eigenvalue weighted by molar-refractivity contribution is 0.185. The first-order valence-electron chi connectivity index (χ1n) is 10.3. The standard InChI is InChI=1S/C22H31N5O/c1-14-5-4-6-16(13-14)17-19(24)25-21(26(3)20(17)28)27-11-9-22(10-12-27)8-7-15(2)18(22)23/h4-6,13,15,18H,7-12,23-24H2,1-3H3/t15-,18-/m1/s1. The Morgan fingerprint density at radius 3 is 2.54 bits per heavy atom. The molecule has 1 saturated carbocycles. The fourth-order valence-electron chi connectivity index (χ4n) is 5.16. The molecule has 2 fully saturated rings. The summed E-state index contributed by atoms with van der Waals surface area (Å²) in [6, 6.07) is 8.11. The Morgan fingerprint density at radius 2 is 1.93 bits per heavy atom. The highest BCUT2D eigenvalue weighted by Crippen LogP contribution is 2.48. The molecule has 1 aromatic heterocycles. The van der Waals surface area contributed by atoms with Crippen LogP contribution >= 0.6 is 0 Å².